The first-order valence-electron chi connectivity index (χ1n) is 5.80. The highest BCUT2D eigenvalue weighted by molar-refractivity contribution is 7.18. The summed E-state index contributed by atoms with van der Waals surface area (Å²) < 4.78 is 13.8. The monoisotopic (exact) mass is 293 g/mol. The van der Waals surface area contributed by atoms with Gasteiger partial charge in [-0.3, -0.25) is 4.79 Å². The molecule has 0 bridgehead atoms. The number of carboxylic acid groups (broad SMARTS) is 1. The maximum absolute atomic E-state index is 13.8. The molecule has 20 heavy (non-hydrogen) atoms. The van der Waals surface area contributed by atoms with Gasteiger partial charge in [-0.15, -0.1) is 11.3 Å². The van der Waals surface area contributed by atoms with E-state index < -0.39 is 17.7 Å². The second-order valence-corrected chi connectivity index (χ2v) is 5.37. The number of carbonyl (C=O) groups is 2. The summed E-state index contributed by atoms with van der Waals surface area (Å²) in [5.74, 6) is -2.21. The molecule has 4 nitrogen and oxygen atoms in total. The average Bonchev–Trinajstić information content (AvgIpc) is 2.73. The highest BCUT2D eigenvalue weighted by atomic mass is 32.1. The lowest BCUT2D eigenvalue weighted by Crippen LogP contribution is -2.13. The van der Waals surface area contributed by atoms with E-state index in [-0.39, 0.29) is 10.4 Å². The van der Waals surface area contributed by atoms with Crippen LogP contribution in [0.15, 0.2) is 24.3 Å². The zero-order chi connectivity index (χ0) is 14.9. The Hall–Kier alpha value is -2.21. The van der Waals surface area contributed by atoms with E-state index in [9.17, 15) is 14.0 Å². The molecule has 0 aliphatic carbocycles. The summed E-state index contributed by atoms with van der Waals surface area (Å²) in [5, 5.41) is 11.8. The van der Waals surface area contributed by atoms with Crippen LogP contribution in [0.5, 0.6) is 0 Å². The van der Waals surface area contributed by atoms with Gasteiger partial charge in [0.25, 0.3) is 5.91 Å². The molecule has 1 aromatic carbocycles. The minimum absolute atomic E-state index is 0.0621. The number of anilines is 1. The van der Waals surface area contributed by atoms with Crippen molar-refractivity contribution in [2.45, 2.75) is 13.8 Å². The first kappa shape index (κ1) is 14.2. The maximum atomic E-state index is 13.8. The summed E-state index contributed by atoms with van der Waals surface area (Å²) in [5.41, 5.74) is 0.877. The standard InChI is InChI=1S/C14H12FNO3S/c1-7-4-3-5-9(11(7)15)13(17)16-10-6-8(2)12(20-10)14(18)19/h3-6H,1-2H3,(H,16,17)(H,18,19). The van der Waals surface area contributed by atoms with Gasteiger partial charge in [0.05, 0.1) is 10.6 Å². The lowest BCUT2D eigenvalue weighted by atomic mass is 10.1. The van der Waals surface area contributed by atoms with E-state index in [4.69, 9.17) is 5.11 Å². The fourth-order valence-corrected chi connectivity index (χ4v) is 2.66. The molecule has 0 saturated carbocycles. The Morgan fingerprint density at radius 3 is 2.55 bits per heavy atom. The van der Waals surface area contributed by atoms with E-state index in [1.54, 1.807) is 32.0 Å². The number of aryl methyl sites for hydroxylation is 2. The van der Waals surface area contributed by atoms with Crippen molar-refractivity contribution in [3.8, 4) is 0 Å². The SMILES string of the molecule is Cc1cc(NC(=O)c2cccc(C)c2F)sc1C(=O)O. The minimum atomic E-state index is -1.05. The van der Waals surface area contributed by atoms with Crippen molar-refractivity contribution in [2.75, 3.05) is 5.32 Å². The molecule has 0 atom stereocenters. The summed E-state index contributed by atoms with van der Waals surface area (Å²) >= 11 is 0.947. The minimum Gasteiger partial charge on any atom is -0.477 e. The van der Waals surface area contributed by atoms with Gasteiger partial charge in [0.1, 0.15) is 10.7 Å². The molecule has 0 fully saturated rings. The van der Waals surface area contributed by atoms with Crippen LogP contribution in [0.4, 0.5) is 9.39 Å². The molecule has 2 N–H and O–H groups in total. The molecule has 2 rings (SSSR count). The number of thiophene rings is 1. The largest absolute Gasteiger partial charge is 0.477 e. The highest BCUT2D eigenvalue weighted by Crippen LogP contribution is 2.27. The summed E-state index contributed by atoms with van der Waals surface area (Å²) in [6.07, 6.45) is 0. The van der Waals surface area contributed by atoms with Crippen molar-refractivity contribution in [3.05, 3.63) is 51.7 Å². The average molecular weight is 293 g/mol. The van der Waals surface area contributed by atoms with Crippen LogP contribution in [0, 0.1) is 19.7 Å². The van der Waals surface area contributed by atoms with Crippen LogP contribution in [-0.4, -0.2) is 17.0 Å². The topological polar surface area (TPSA) is 66.4 Å². The van der Waals surface area contributed by atoms with E-state index in [0.29, 0.717) is 16.1 Å². The number of benzene rings is 1. The van der Waals surface area contributed by atoms with Crippen molar-refractivity contribution >= 4 is 28.2 Å². The molecular weight excluding hydrogens is 281 g/mol. The molecule has 0 aliphatic heterocycles. The van der Waals surface area contributed by atoms with E-state index in [2.05, 4.69) is 5.32 Å². The van der Waals surface area contributed by atoms with Crippen LogP contribution in [0.2, 0.25) is 0 Å². The fourth-order valence-electron chi connectivity index (χ4n) is 1.76. The van der Waals surface area contributed by atoms with Gasteiger partial charge in [-0.1, -0.05) is 12.1 Å². The summed E-state index contributed by atoms with van der Waals surface area (Å²) in [6, 6.07) is 6.11. The molecule has 1 aromatic heterocycles. The molecule has 0 aliphatic rings. The van der Waals surface area contributed by atoms with Crippen molar-refractivity contribution in [1.29, 1.82) is 0 Å². The number of halogens is 1. The lowest BCUT2D eigenvalue weighted by molar-refractivity contribution is 0.0701. The fraction of sp³-hybridized carbons (Fsp3) is 0.143. The van der Waals surface area contributed by atoms with Gasteiger partial charge >= 0.3 is 5.97 Å². The van der Waals surface area contributed by atoms with Gasteiger partial charge in [0.2, 0.25) is 0 Å². The number of rotatable bonds is 3. The van der Waals surface area contributed by atoms with Crippen molar-refractivity contribution in [1.82, 2.24) is 0 Å². The van der Waals surface area contributed by atoms with Crippen molar-refractivity contribution in [3.63, 3.8) is 0 Å². The molecule has 104 valence electrons. The zero-order valence-corrected chi connectivity index (χ0v) is 11.7. The summed E-state index contributed by atoms with van der Waals surface area (Å²) in [4.78, 5) is 23.1. The Morgan fingerprint density at radius 2 is 1.95 bits per heavy atom. The molecular formula is C14H12FNO3S. The van der Waals surface area contributed by atoms with Crippen LogP contribution in [0.1, 0.15) is 31.2 Å². The van der Waals surface area contributed by atoms with Gasteiger partial charge in [0.15, 0.2) is 0 Å². The third-order valence-corrected chi connectivity index (χ3v) is 3.93. The Morgan fingerprint density at radius 1 is 1.25 bits per heavy atom. The van der Waals surface area contributed by atoms with E-state index >= 15 is 0 Å². The number of aromatic carboxylic acids is 1. The molecule has 1 heterocycles. The van der Waals surface area contributed by atoms with Crippen molar-refractivity contribution in [2.24, 2.45) is 0 Å². The summed E-state index contributed by atoms with van der Waals surface area (Å²) in [7, 11) is 0. The molecule has 1 amide bonds. The van der Waals surface area contributed by atoms with Gasteiger partial charge in [-0.2, -0.15) is 0 Å². The molecule has 0 unspecified atom stereocenters. The smallest absolute Gasteiger partial charge is 0.346 e. The van der Waals surface area contributed by atoms with E-state index in [0.717, 1.165) is 11.3 Å². The van der Waals surface area contributed by atoms with Crippen LogP contribution in [0.3, 0.4) is 0 Å². The number of carboxylic acids is 1. The Bertz CT molecular complexity index is 694. The van der Waals surface area contributed by atoms with Crippen molar-refractivity contribution < 1.29 is 19.1 Å². The molecule has 6 heteroatoms. The third-order valence-electron chi connectivity index (χ3n) is 2.79. The first-order valence-corrected chi connectivity index (χ1v) is 6.62. The molecule has 0 saturated heterocycles. The number of hydrogen-bond acceptors (Lipinski definition) is 3. The normalized spacial score (nSPS) is 10.3. The maximum Gasteiger partial charge on any atom is 0.346 e. The molecule has 0 radical (unpaired) electrons. The lowest BCUT2D eigenvalue weighted by Gasteiger charge is -2.05. The van der Waals surface area contributed by atoms with Gasteiger partial charge < -0.3 is 10.4 Å². The Labute approximate surface area is 118 Å². The second-order valence-electron chi connectivity index (χ2n) is 4.32. The highest BCUT2D eigenvalue weighted by Gasteiger charge is 2.17. The van der Waals surface area contributed by atoms with E-state index in [1.807, 2.05) is 0 Å². The van der Waals surface area contributed by atoms with Gasteiger partial charge in [-0.05, 0) is 37.1 Å². The first-order chi connectivity index (χ1) is 9.40. The number of nitrogens with one attached hydrogen (secondary N) is 1. The second kappa shape index (κ2) is 5.42. The number of hydrogen-bond donors (Lipinski definition) is 2. The predicted molar refractivity (Wildman–Crippen MR) is 75.1 cm³/mol. The summed E-state index contributed by atoms with van der Waals surface area (Å²) in [6.45, 7) is 3.22. The van der Waals surface area contributed by atoms with Crippen LogP contribution in [-0.2, 0) is 0 Å². The Balaban J connectivity index is 2.26. The quantitative estimate of drug-likeness (QED) is 0.910. The zero-order valence-electron chi connectivity index (χ0n) is 10.9. The predicted octanol–water partition coefficient (Wildman–Crippen LogP) is 3.45. The van der Waals surface area contributed by atoms with E-state index in [1.165, 1.54) is 6.07 Å². The number of amides is 1. The molecule has 0 spiro atoms. The third kappa shape index (κ3) is 2.70. The van der Waals surface area contributed by atoms with Crippen LogP contribution in [0.25, 0.3) is 0 Å². The van der Waals surface area contributed by atoms with Gasteiger partial charge in [-0.25, -0.2) is 9.18 Å². The van der Waals surface area contributed by atoms with Crippen LogP contribution < -0.4 is 5.32 Å². The number of carbonyl (C=O) groups excluding carboxylic acids is 1. The van der Waals surface area contributed by atoms with Crippen LogP contribution >= 0.6 is 11.3 Å². The van der Waals surface area contributed by atoms with Gasteiger partial charge in [0, 0.05) is 0 Å². The Kier molecular flexibility index (Phi) is 3.85. The molecule has 2 aromatic rings.